The number of ether oxygens (including phenoxy) is 1. The highest BCUT2D eigenvalue weighted by Gasteiger charge is 2.22. The van der Waals surface area contributed by atoms with Crippen LogP contribution in [0.3, 0.4) is 0 Å². The lowest BCUT2D eigenvalue weighted by atomic mass is 10.1. The second kappa shape index (κ2) is 9.20. The second-order valence-corrected chi connectivity index (χ2v) is 7.71. The van der Waals surface area contributed by atoms with Gasteiger partial charge in [-0.05, 0) is 62.2 Å². The lowest BCUT2D eigenvalue weighted by molar-refractivity contribution is -0.0704. The molecule has 1 saturated heterocycles. The smallest absolute Gasteiger partial charge is 0.255 e. The van der Waals surface area contributed by atoms with Crippen molar-refractivity contribution in [2.45, 2.75) is 39.5 Å². The van der Waals surface area contributed by atoms with Crippen LogP contribution in [0.2, 0.25) is 0 Å². The minimum absolute atomic E-state index is 0.148. The summed E-state index contributed by atoms with van der Waals surface area (Å²) in [5.74, 6) is -0.313. The highest BCUT2D eigenvalue weighted by atomic mass is 16.5. The Bertz CT molecular complexity index is 869. The first-order chi connectivity index (χ1) is 13.9. The minimum atomic E-state index is -0.166. The number of carbonyl (C=O) groups excluding carboxylic acids is 2. The number of nitrogens with zero attached hydrogens (tertiary/aromatic N) is 1. The number of nitrogens with one attached hydrogen (secondary N) is 2. The Morgan fingerprint density at radius 1 is 1.00 bits per heavy atom. The highest BCUT2D eigenvalue weighted by molar-refractivity contribution is 6.05. The minimum Gasteiger partial charge on any atom is -0.373 e. The molecule has 0 spiro atoms. The van der Waals surface area contributed by atoms with Gasteiger partial charge in [0.15, 0.2) is 0 Å². The Balaban J connectivity index is 1.62. The predicted molar refractivity (Wildman–Crippen MR) is 114 cm³/mol. The Morgan fingerprint density at radius 2 is 1.62 bits per heavy atom. The van der Waals surface area contributed by atoms with Gasteiger partial charge in [0.1, 0.15) is 0 Å². The fourth-order valence-corrected chi connectivity index (χ4v) is 3.72. The van der Waals surface area contributed by atoms with Gasteiger partial charge in [-0.15, -0.1) is 0 Å². The molecule has 2 amide bonds. The number of anilines is 1. The van der Waals surface area contributed by atoms with Crippen molar-refractivity contribution in [2.24, 2.45) is 0 Å². The van der Waals surface area contributed by atoms with Crippen molar-refractivity contribution >= 4 is 17.5 Å². The molecule has 0 radical (unpaired) electrons. The lowest BCUT2D eigenvalue weighted by Gasteiger charge is -2.35. The van der Waals surface area contributed by atoms with Gasteiger partial charge in [-0.1, -0.05) is 12.1 Å². The molecular formula is C23H29N3O3. The second-order valence-electron chi connectivity index (χ2n) is 7.71. The maximum atomic E-state index is 12.6. The molecular weight excluding hydrogens is 366 g/mol. The van der Waals surface area contributed by atoms with Gasteiger partial charge in [0, 0.05) is 43.5 Å². The molecule has 1 aliphatic rings. The van der Waals surface area contributed by atoms with Crippen molar-refractivity contribution in [3.05, 3.63) is 64.7 Å². The fourth-order valence-electron chi connectivity index (χ4n) is 3.72. The Morgan fingerprint density at radius 3 is 2.21 bits per heavy atom. The summed E-state index contributed by atoms with van der Waals surface area (Å²) < 4.78 is 5.78. The molecule has 2 aromatic rings. The third-order valence-electron chi connectivity index (χ3n) is 5.08. The average Bonchev–Trinajstić information content (AvgIpc) is 2.68. The molecule has 1 aliphatic heterocycles. The van der Waals surface area contributed by atoms with Gasteiger partial charge in [0.05, 0.1) is 12.2 Å². The zero-order chi connectivity index (χ0) is 21.0. The quantitative estimate of drug-likeness (QED) is 0.816. The van der Waals surface area contributed by atoms with Crippen LogP contribution in [-0.4, -0.2) is 49.1 Å². The standard InChI is InChI=1S/C23H29N3O3/c1-15-11-20(22(27)24-4)9-10-21(15)25-23(28)19-7-5-18(6-8-19)14-26-12-16(2)29-17(3)13-26/h5-11,16-17H,12-14H2,1-4H3,(H,24,27)(H,25,28). The van der Waals surface area contributed by atoms with E-state index in [1.165, 1.54) is 5.56 Å². The largest absolute Gasteiger partial charge is 0.373 e. The monoisotopic (exact) mass is 395 g/mol. The number of morpholine rings is 1. The van der Waals surface area contributed by atoms with Crippen LogP contribution >= 0.6 is 0 Å². The predicted octanol–water partition coefficient (Wildman–Crippen LogP) is 3.22. The molecule has 3 rings (SSSR count). The first kappa shape index (κ1) is 21.0. The van der Waals surface area contributed by atoms with Gasteiger partial charge >= 0.3 is 0 Å². The summed E-state index contributed by atoms with van der Waals surface area (Å²) in [5.41, 5.74) is 3.88. The number of rotatable bonds is 5. The summed E-state index contributed by atoms with van der Waals surface area (Å²) in [6.07, 6.45) is 0.476. The van der Waals surface area contributed by atoms with Crippen LogP contribution in [0.1, 0.15) is 45.7 Å². The average molecular weight is 396 g/mol. The van der Waals surface area contributed by atoms with E-state index in [0.717, 1.165) is 25.2 Å². The van der Waals surface area contributed by atoms with Crippen molar-refractivity contribution in [2.75, 3.05) is 25.5 Å². The summed E-state index contributed by atoms with van der Waals surface area (Å²) in [6.45, 7) is 8.74. The zero-order valence-corrected chi connectivity index (χ0v) is 17.5. The van der Waals surface area contributed by atoms with Crippen LogP contribution < -0.4 is 10.6 Å². The van der Waals surface area contributed by atoms with Gasteiger partial charge in [-0.2, -0.15) is 0 Å². The van der Waals surface area contributed by atoms with Gasteiger partial charge in [0.2, 0.25) is 0 Å². The van der Waals surface area contributed by atoms with Gasteiger partial charge in [0.25, 0.3) is 11.8 Å². The molecule has 2 aromatic carbocycles. The van der Waals surface area contributed by atoms with Crippen LogP contribution in [0.4, 0.5) is 5.69 Å². The van der Waals surface area contributed by atoms with Crippen molar-refractivity contribution in [3.8, 4) is 0 Å². The first-order valence-corrected chi connectivity index (χ1v) is 9.96. The number of benzene rings is 2. The van der Waals surface area contributed by atoms with E-state index in [0.29, 0.717) is 16.8 Å². The van der Waals surface area contributed by atoms with Crippen LogP contribution in [0.5, 0.6) is 0 Å². The summed E-state index contributed by atoms with van der Waals surface area (Å²) in [6, 6.07) is 12.9. The third-order valence-corrected chi connectivity index (χ3v) is 5.08. The van der Waals surface area contributed by atoms with E-state index in [-0.39, 0.29) is 24.0 Å². The van der Waals surface area contributed by atoms with E-state index in [1.807, 2.05) is 31.2 Å². The zero-order valence-electron chi connectivity index (χ0n) is 17.5. The molecule has 1 fully saturated rings. The normalized spacial score (nSPS) is 19.6. The van der Waals surface area contributed by atoms with E-state index in [1.54, 1.807) is 25.2 Å². The number of carbonyl (C=O) groups is 2. The lowest BCUT2D eigenvalue weighted by Crippen LogP contribution is -2.44. The first-order valence-electron chi connectivity index (χ1n) is 9.96. The van der Waals surface area contributed by atoms with Crippen LogP contribution in [-0.2, 0) is 11.3 Å². The number of aryl methyl sites for hydroxylation is 1. The van der Waals surface area contributed by atoms with E-state index < -0.39 is 0 Å². The Hall–Kier alpha value is -2.70. The van der Waals surface area contributed by atoms with E-state index in [2.05, 4.69) is 29.4 Å². The Kier molecular flexibility index (Phi) is 6.67. The van der Waals surface area contributed by atoms with Crippen LogP contribution in [0.15, 0.2) is 42.5 Å². The highest BCUT2D eigenvalue weighted by Crippen LogP contribution is 2.19. The molecule has 0 saturated carbocycles. The molecule has 29 heavy (non-hydrogen) atoms. The topological polar surface area (TPSA) is 70.7 Å². The summed E-state index contributed by atoms with van der Waals surface area (Å²) in [4.78, 5) is 26.7. The molecule has 6 heteroatoms. The molecule has 0 bridgehead atoms. The maximum absolute atomic E-state index is 12.6. The van der Waals surface area contributed by atoms with Crippen LogP contribution in [0.25, 0.3) is 0 Å². The molecule has 6 nitrogen and oxygen atoms in total. The molecule has 0 aliphatic carbocycles. The van der Waals surface area contributed by atoms with Crippen LogP contribution in [0, 0.1) is 6.92 Å². The number of hydrogen-bond donors (Lipinski definition) is 2. The summed E-state index contributed by atoms with van der Waals surface area (Å²) in [5, 5.41) is 5.52. The van der Waals surface area contributed by atoms with Crippen molar-refractivity contribution < 1.29 is 14.3 Å². The third kappa shape index (κ3) is 5.43. The van der Waals surface area contributed by atoms with E-state index in [9.17, 15) is 9.59 Å². The Labute approximate surface area is 172 Å². The number of hydrogen-bond acceptors (Lipinski definition) is 4. The molecule has 2 atom stereocenters. The van der Waals surface area contributed by atoms with E-state index in [4.69, 9.17) is 4.74 Å². The van der Waals surface area contributed by atoms with Gasteiger partial charge in [-0.25, -0.2) is 0 Å². The van der Waals surface area contributed by atoms with E-state index >= 15 is 0 Å². The molecule has 154 valence electrons. The molecule has 1 heterocycles. The summed E-state index contributed by atoms with van der Waals surface area (Å²) >= 11 is 0. The van der Waals surface area contributed by atoms with Crippen molar-refractivity contribution in [3.63, 3.8) is 0 Å². The summed E-state index contributed by atoms with van der Waals surface area (Å²) in [7, 11) is 1.59. The molecule has 2 unspecified atom stereocenters. The van der Waals surface area contributed by atoms with Crippen molar-refractivity contribution in [1.29, 1.82) is 0 Å². The SMILES string of the molecule is CNC(=O)c1ccc(NC(=O)c2ccc(CN3CC(C)OC(C)C3)cc2)c(C)c1. The molecule has 2 N–H and O–H groups in total. The van der Waals surface area contributed by atoms with Gasteiger partial charge < -0.3 is 15.4 Å². The maximum Gasteiger partial charge on any atom is 0.255 e. The molecule has 0 aromatic heterocycles. The fraction of sp³-hybridized carbons (Fsp3) is 0.391. The van der Waals surface area contributed by atoms with Gasteiger partial charge in [-0.3, -0.25) is 14.5 Å². The van der Waals surface area contributed by atoms with Crippen molar-refractivity contribution in [1.82, 2.24) is 10.2 Å². The number of amides is 2.